The molecule has 1 saturated heterocycles. The molecule has 1 aliphatic rings. The number of ether oxygens (including phenoxy) is 1. The molecule has 3 rings (SSSR count). The summed E-state index contributed by atoms with van der Waals surface area (Å²) in [6, 6.07) is 8.83. The Morgan fingerprint density at radius 2 is 2.00 bits per heavy atom. The van der Waals surface area contributed by atoms with E-state index in [1.54, 1.807) is 36.6 Å². The number of benzene rings is 1. The Morgan fingerprint density at radius 1 is 1.19 bits per heavy atom. The first-order valence-corrected chi connectivity index (χ1v) is 8.67. The molecule has 1 aromatic heterocycles. The van der Waals surface area contributed by atoms with Crippen LogP contribution in [-0.4, -0.2) is 32.1 Å². The van der Waals surface area contributed by atoms with E-state index in [0.717, 1.165) is 31.6 Å². The maximum atomic E-state index is 12.2. The molecule has 6 heteroatoms. The van der Waals surface area contributed by atoms with E-state index in [-0.39, 0.29) is 5.91 Å². The second-order valence-corrected chi connectivity index (χ2v) is 6.11. The summed E-state index contributed by atoms with van der Waals surface area (Å²) in [6.07, 6.45) is 7.93. The quantitative estimate of drug-likeness (QED) is 0.655. The minimum absolute atomic E-state index is 0.303. The molecule has 0 bridgehead atoms. The van der Waals surface area contributed by atoms with Gasteiger partial charge in [0.25, 0.3) is 0 Å². The van der Waals surface area contributed by atoms with Gasteiger partial charge in [0.05, 0.1) is 24.6 Å². The predicted molar refractivity (Wildman–Crippen MR) is 100 cm³/mol. The molecule has 136 valence electrons. The first-order chi connectivity index (χ1) is 12.7. The Balaban J connectivity index is 1.77. The van der Waals surface area contributed by atoms with Crippen LogP contribution in [0, 0.1) is 0 Å². The molecule has 1 aromatic carbocycles. The summed E-state index contributed by atoms with van der Waals surface area (Å²) in [5.74, 6) is -0.119. The molecule has 26 heavy (non-hydrogen) atoms. The Labute approximate surface area is 152 Å². The van der Waals surface area contributed by atoms with Crippen LogP contribution in [0.5, 0.6) is 0 Å². The molecule has 0 aliphatic carbocycles. The van der Waals surface area contributed by atoms with Gasteiger partial charge >= 0.3 is 5.97 Å². The molecular weight excluding hydrogens is 332 g/mol. The van der Waals surface area contributed by atoms with E-state index in [2.05, 4.69) is 10.2 Å². The standard InChI is InChI=1S/C20H22N2O4/c1-25-20(24)17-14-15(7-9-18(17)22-11-3-2-4-12-22)21-19(23)10-8-16-6-5-13-26-16/h5-10,13-14H,2-4,11-12H2,1H3,(H,21,23)/b10-8+. The van der Waals surface area contributed by atoms with Gasteiger partial charge in [0, 0.05) is 24.9 Å². The number of carbonyl (C=O) groups excluding carboxylic acids is 2. The van der Waals surface area contributed by atoms with Crippen molar-refractivity contribution in [3.63, 3.8) is 0 Å². The van der Waals surface area contributed by atoms with Crippen LogP contribution in [0.2, 0.25) is 0 Å². The summed E-state index contributed by atoms with van der Waals surface area (Å²) in [5, 5.41) is 2.76. The third kappa shape index (κ3) is 4.33. The highest BCUT2D eigenvalue weighted by Crippen LogP contribution is 2.27. The van der Waals surface area contributed by atoms with Gasteiger partial charge in [-0.25, -0.2) is 4.79 Å². The van der Waals surface area contributed by atoms with E-state index >= 15 is 0 Å². The van der Waals surface area contributed by atoms with E-state index in [0.29, 0.717) is 17.0 Å². The van der Waals surface area contributed by atoms with Gasteiger partial charge in [-0.15, -0.1) is 0 Å². The van der Waals surface area contributed by atoms with Crippen molar-refractivity contribution in [2.75, 3.05) is 30.4 Å². The molecule has 0 atom stereocenters. The lowest BCUT2D eigenvalue weighted by molar-refractivity contribution is -0.111. The molecular formula is C20H22N2O4. The zero-order valence-electron chi connectivity index (χ0n) is 14.7. The van der Waals surface area contributed by atoms with Crippen molar-refractivity contribution < 1.29 is 18.7 Å². The normalized spacial score (nSPS) is 14.4. The van der Waals surface area contributed by atoms with Crippen molar-refractivity contribution in [3.8, 4) is 0 Å². The average molecular weight is 354 g/mol. The van der Waals surface area contributed by atoms with Crippen molar-refractivity contribution in [2.45, 2.75) is 19.3 Å². The van der Waals surface area contributed by atoms with Gasteiger partial charge in [0.15, 0.2) is 0 Å². The molecule has 0 unspecified atom stereocenters. The second kappa shape index (κ2) is 8.38. The Bertz CT molecular complexity index is 790. The summed E-state index contributed by atoms with van der Waals surface area (Å²) < 4.78 is 10.1. The fourth-order valence-corrected chi connectivity index (χ4v) is 3.03. The molecule has 2 heterocycles. The second-order valence-electron chi connectivity index (χ2n) is 6.11. The van der Waals surface area contributed by atoms with Gasteiger partial charge in [-0.2, -0.15) is 0 Å². The highest BCUT2D eigenvalue weighted by Gasteiger charge is 2.19. The number of hydrogen-bond donors (Lipinski definition) is 1. The van der Waals surface area contributed by atoms with E-state index < -0.39 is 5.97 Å². The fourth-order valence-electron chi connectivity index (χ4n) is 3.03. The van der Waals surface area contributed by atoms with E-state index in [1.807, 2.05) is 6.07 Å². The summed E-state index contributed by atoms with van der Waals surface area (Å²) in [7, 11) is 1.36. The van der Waals surface area contributed by atoms with Crippen molar-refractivity contribution >= 4 is 29.3 Å². The molecule has 2 aromatic rings. The molecule has 1 amide bonds. The number of nitrogens with one attached hydrogen (secondary N) is 1. The highest BCUT2D eigenvalue weighted by atomic mass is 16.5. The van der Waals surface area contributed by atoms with Crippen LogP contribution in [0.15, 0.2) is 47.1 Å². The van der Waals surface area contributed by atoms with Gasteiger partial charge in [-0.3, -0.25) is 4.79 Å². The number of nitrogens with zero attached hydrogens (tertiary/aromatic N) is 1. The van der Waals surface area contributed by atoms with E-state index in [9.17, 15) is 9.59 Å². The molecule has 1 fully saturated rings. The van der Waals surface area contributed by atoms with Crippen LogP contribution in [0.25, 0.3) is 6.08 Å². The van der Waals surface area contributed by atoms with Crippen molar-refractivity contribution in [2.24, 2.45) is 0 Å². The topological polar surface area (TPSA) is 71.8 Å². The van der Waals surface area contributed by atoms with Gasteiger partial charge in [0.2, 0.25) is 5.91 Å². The number of carbonyl (C=O) groups is 2. The van der Waals surface area contributed by atoms with Gasteiger partial charge < -0.3 is 19.4 Å². The molecule has 1 aliphatic heterocycles. The number of amides is 1. The summed E-state index contributed by atoms with van der Waals surface area (Å²) in [6.45, 7) is 1.84. The first-order valence-electron chi connectivity index (χ1n) is 8.67. The number of methoxy groups -OCH3 is 1. The molecule has 0 radical (unpaired) electrons. The van der Waals surface area contributed by atoms with Crippen molar-refractivity contribution in [3.05, 3.63) is 54.0 Å². The van der Waals surface area contributed by atoms with Crippen molar-refractivity contribution in [1.29, 1.82) is 0 Å². The van der Waals surface area contributed by atoms with E-state index in [4.69, 9.17) is 9.15 Å². The number of anilines is 2. The third-order valence-corrected chi connectivity index (χ3v) is 4.31. The van der Waals surface area contributed by atoms with Gasteiger partial charge in [-0.1, -0.05) is 0 Å². The van der Waals surface area contributed by atoms with Crippen LogP contribution in [-0.2, 0) is 9.53 Å². The average Bonchev–Trinajstić information content (AvgIpc) is 3.20. The smallest absolute Gasteiger partial charge is 0.340 e. The first kappa shape index (κ1) is 17.8. The van der Waals surface area contributed by atoms with Gasteiger partial charge in [-0.05, 0) is 55.7 Å². The minimum Gasteiger partial charge on any atom is -0.465 e. The van der Waals surface area contributed by atoms with Crippen LogP contribution in [0.3, 0.4) is 0 Å². The summed E-state index contributed by atoms with van der Waals surface area (Å²) in [5.41, 5.74) is 1.85. The number of furan rings is 1. The molecule has 0 saturated carbocycles. The minimum atomic E-state index is -0.409. The van der Waals surface area contributed by atoms with E-state index in [1.165, 1.54) is 19.6 Å². The van der Waals surface area contributed by atoms with Crippen LogP contribution in [0.4, 0.5) is 11.4 Å². The number of rotatable bonds is 5. The number of hydrogen-bond acceptors (Lipinski definition) is 5. The summed E-state index contributed by atoms with van der Waals surface area (Å²) >= 11 is 0. The molecule has 1 N–H and O–H groups in total. The molecule has 6 nitrogen and oxygen atoms in total. The Hall–Kier alpha value is -3.02. The Morgan fingerprint density at radius 3 is 2.69 bits per heavy atom. The van der Waals surface area contributed by atoms with Gasteiger partial charge in [0.1, 0.15) is 5.76 Å². The number of piperidine rings is 1. The number of esters is 1. The lowest BCUT2D eigenvalue weighted by Crippen LogP contribution is -2.31. The highest BCUT2D eigenvalue weighted by molar-refractivity contribution is 6.03. The predicted octanol–water partition coefficient (Wildman–Crippen LogP) is 3.71. The lowest BCUT2D eigenvalue weighted by Gasteiger charge is -2.30. The van der Waals surface area contributed by atoms with Crippen molar-refractivity contribution in [1.82, 2.24) is 0 Å². The van der Waals surface area contributed by atoms with Crippen LogP contribution < -0.4 is 10.2 Å². The maximum absolute atomic E-state index is 12.2. The largest absolute Gasteiger partial charge is 0.465 e. The monoisotopic (exact) mass is 354 g/mol. The maximum Gasteiger partial charge on any atom is 0.340 e. The summed E-state index contributed by atoms with van der Waals surface area (Å²) in [4.78, 5) is 26.5. The Kier molecular flexibility index (Phi) is 5.73. The molecule has 0 spiro atoms. The SMILES string of the molecule is COC(=O)c1cc(NC(=O)/C=C/c2ccco2)ccc1N1CCCCC1. The van der Waals surface area contributed by atoms with Crippen LogP contribution >= 0.6 is 0 Å². The fraction of sp³-hybridized carbons (Fsp3) is 0.300. The van der Waals surface area contributed by atoms with Crippen LogP contribution in [0.1, 0.15) is 35.4 Å². The zero-order valence-corrected chi connectivity index (χ0v) is 14.7. The lowest BCUT2D eigenvalue weighted by atomic mass is 10.1. The third-order valence-electron chi connectivity index (χ3n) is 4.31. The zero-order chi connectivity index (χ0) is 18.4.